The summed E-state index contributed by atoms with van der Waals surface area (Å²) in [6.07, 6.45) is 4.29. The van der Waals surface area contributed by atoms with Gasteiger partial charge < -0.3 is 4.74 Å². The quantitative estimate of drug-likeness (QED) is 0.851. The number of halogens is 1. The number of ether oxygens (including phenoxy) is 1. The van der Waals surface area contributed by atoms with Gasteiger partial charge in [0, 0.05) is 23.8 Å². The first-order chi connectivity index (χ1) is 9.50. The highest BCUT2D eigenvalue weighted by molar-refractivity contribution is 7.90. The summed E-state index contributed by atoms with van der Waals surface area (Å²) in [5.41, 5.74) is 0. The Balaban J connectivity index is 2.60. The Kier molecular flexibility index (Phi) is 4.35. The summed E-state index contributed by atoms with van der Waals surface area (Å²) in [6, 6.07) is 4.50. The highest BCUT2D eigenvalue weighted by Gasteiger charge is 2.24. The number of hydrogen-bond donors (Lipinski definition) is 0. The van der Waals surface area contributed by atoms with E-state index < -0.39 is 10.0 Å². The predicted octanol–water partition coefficient (Wildman–Crippen LogP) is 2.73. The molecule has 0 atom stereocenters. The molecular formula is C13H15ClN2O3S. The molecule has 2 aromatic rings. The zero-order valence-corrected chi connectivity index (χ0v) is 12.8. The molecule has 108 valence electrons. The lowest BCUT2D eigenvalue weighted by atomic mass is 10.3. The van der Waals surface area contributed by atoms with Crippen molar-refractivity contribution in [3.8, 4) is 5.75 Å². The Bertz CT molecular complexity index is 710. The van der Waals surface area contributed by atoms with Gasteiger partial charge in [-0.25, -0.2) is 17.4 Å². The average Bonchev–Trinajstić information content (AvgIpc) is 2.88. The predicted molar refractivity (Wildman–Crippen MR) is 76.8 cm³/mol. The van der Waals surface area contributed by atoms with Crippen LogP contribution in [-0.4, -0.2) is 24.5 Å². The van der Waals surface area contributed by atoms with Crippen molar-refractivity contribution in [3.05, 3.63) is 41.4 Å². The van der Waals surface area contributed by atoms with Crippen LogP contribution in [0, 0.1) is 0 Å². The molecular weight excluding hydrogens is 300 g/mol. The number of aromatic nitrogens is 2. The molecule has 0 aliphatic heterocycles. The Morgan fingerprint density at radius 1 is 1.40 bits per heavy atom. The lowest BCUT2D eigenvalue weighted by Crippen LogP contribution is -2.16. The first-order valence-electron chi connectivity index (χ1n) is 6.12. The number of imidazole rings is 1. The van der Waals surface area contributed by atoms with Crippen LogP contribution in [-0.2, 0) is 16.4 Å². The smallest absolute Gasteiger partial charge is 0.272 e. The number of rotatable bonds is 5. The van der Waals surface area contributed by atoms with Crippen LogP contribution in [0.3, 0.4) is 0 Å². The van der Waals surface area contributed by atoms with Crippen molar-refractivity contribution < 1.29 is 13.2 Å². The third kappa shape index (κ3) is 2.66. The van der Waals surface area contributed by atoms with Crippen LogP contribution in [0.4, 0.5) is 0 Å². The van der Waals surface area contributed by atoms with Crippen molar-refractivity contribution in [3.63, 3.8) is 0 Å². The Morgan fingerprint density at radius 3 is 2.80 bits per heavy atom. The number of benzene rings is 1. The first-order valence-corrected chi connectivity index (χ1v) is 7.94. The molecule has 1 aromatic carbocycles. The highest BCUT2D eigenvalue weighted by atomic mass is 35.5. The normalized spacial score (nSPS) is 11.6. The van der Waals surface area contributed by atoms with E-state index in [2.05, 4.69) is 4.98 Å². The molecule has 0 bridgehead atoms. The van der Waals surface area contributed by atoms with Crippen LogP contribution >= 0.6 is 11.6 Å². The molecule has 0 N–H and O–H groups in total. The summed E-state index contributed by atoms with van der Waals surface area (Å²) in [5, 5.41) is 0.335. The Labute approximate surface area is 123 Å². The van der Waals surface area contributed by atoms with Crippen molar-refractivity contribution in [1.82, 2.24) is 8.96 Å². The van der Waals surface area contributed by atoms with Crippen molar-refractivity contribution in [2.45, 2.75) is 24.7 Å². The van der Waals surface area contributed by atoms with Crippen molar-refractivity contribution in [2.75, 3.05) is 7.11 Å². The molecule has 0 aliphatic carbocycles. The summed E-state index contributed by atoms with van der Waals surface area (Å²) in [6.45, 7) is 1.96. The fourth-order valence-corrected chi connectivity index (χ4v) is 3.66. The minimum Gasteiger partial charge on any atom is -0.495 e. The number of aryl methyl sites for hydroxylation is 1. The molecule has 0 unspecified atom stereocenters. The number of nitrogens with zero attached hydrogens (tertiary/aromatic N) is 2. The summed E-state index contributed by atoms with van der Waals surface area (Å²) >= 11 is 5.90. The summed E-state index contributed by atoms with van der Waals surface area (Å²) in [7, 11) is -2.35. The van der Waals surface area contributed by atoms with Crippen molar-refractivity contribution in [2.24, 2.45) is 0 Å². The zero-order chi connectivity index (χ0) is 14.8. The van der Waals surface area contributed by atoms with Gasteiger partial charge in [0.05, 0.1) is 7.11 Å². The second kappa shape index (κ2) is 5.85. The molecule has 7 heteroatoms. The monoisotopic (exact) mass is 314 g/mol. The van der Waals surface area contributed by atoms with E-state index in [1.54, 1.807) is 6.07 Å². The van der Waals surface area contributed by atoms with Gasteiger partial charge in [0.2, 0.25) is 0 Å². The molecule has 0 saturated carbocycles. The maximum Gasteiger partial charge on any atom is 0.272 e. The molecule has 20 heavy (non-hydrogen) atoms. The van der Waals surface area contributed by atoms with Gasteiger partial charge in [0.1, 0.15) is 16.5 Å². The lowest BCUT2D eigenvalue weighted by molar-refractivity contribution is 0.402. The molecule has 1 heterocycles. The van der Waals surface area contributed by atoms with Gasteiger partial charge in [-0.3, -0.25) is 0 Å². The van der Waals surface area contributed by atoms with Gasteiger partial charge in [-0.15, -0.1) is 0 Å². The third-order valence-electron chi connectivity index (χ3n) is 2.82. The average molecular weight is 315 g/mol. The minimum atomic E-state index is -3.77. The van der Waals surface area contributed by atoms with E-state index in [0.717, 1.165) is 6.42 Å². The second-order valence-corrected chi connectivity index (χ2v) is 6.41. The molecule has 0 fully saturated rings. The maximum atomic E-state index is 12.7. The van der Waals surface area contributed by atoms with Crippen molar-refractivity contribution in [1.29, 1.82) is 0 Å². The van der Waals surface area contributed by atoms with Gasteiger partial charge >= 0.3 is 0 Å². The minimum absolute atomic E-state index is 0.0304. The van der Waals surface area contributed by atoms with Gasteiger partial charge in [-0.1, -0.05) is 18.5 Å². The summed E-state index contributed by atoms with van der Waals surface area (Å²) in [4.78, 5) is 4.12. The van der Waals surface area contributed by atoms with E-state index in [1.165, 1.54) is 35.6 Å². The zero-order valence-electron chi connectivity index (χ0n) is 11.2. The fraction of sp³-hybridized carbons (Fsp3) is 0.308. The first kappa shape index (κ1) is 14.9. The van der Waals surface area contributed by atoms with Gasteiger partial charge in [0.15, 0.2) is 0 Å². The van der Waals surface area contributed by atoms with Crippen LogP contribution in [0.1, 0.15) is 19.2 Å². The van der Waals surface area contributed by atoms with E-state index >= 15 is 0 Å². The summed E-state index contributed by atoms with van der Waals surface area (Å²) < 4.78 is 31.7. The van der Waals surface area contributed by atoms with Crippen molar-refractivity contribution >= 4 is 21.6 Å². The molecule has 1 aromatic heterocycles. The van der Waals surface area contributed by atoms with Crippen LogP contribution < -0.4 is 4.74 Å². The molecule has 2 rings (SSSR count). The van der Waals surface area contributed by atoms with Gasteiger partial charge in [-0.2, -0.15) is 0 Å². The molecule has 0 spiro atoms. The van der Waals surface area contributed by atoms with E-state index in [0.29, 0.717) is 17.3 Å². The Morgan fingerprint density at radius 2 is 2.15 bits per heavy atom. The van der Waals surface area contributed by atoms with E-state index in [1.807, 2.05) is 6.92 Å². The summed E-state index contributed by atoms with van der Waals surface area (Å²) in [5.74, 6) is 0.750. The second-order valence-electron chi connectivity index (χ2n) is 4.19. The van der Waals surface area contributed by atoms with E-state index in [9.17, 15) is 8.42 Å². The van der Waals surface area contributed by atoms with Crippen LogP contribution in [0.5, 0.6) is 5.75 Å². The fourth-order valence-electron chi connectivity index (χ4n) is 1.90. The third-order valence-corrected chi connectivity index (χ3v) is 4.78. The number of methoxy groups -OCH3 is 1. The highest BCUT2D eigenvalue weighted by Crippen LogP contribution is 2.29. The molecule has 0 aliphatic rings. The largest absolute Gasteiger partial charge is 0.495 e. The van der Waals surface area contributed by atoms with Crippen LogP contribution in [0.2, 0.25) is 5.02 Å². The Hall–Kier alpha value is -1.53. The molecule has 5 nitrogen and oxygen atoms in total. The molecule has 0 amide bonds. The molecule has 0 saturated heterocycles. The standard InChI is InChI=1S/C13H15ClN2O3S/c1-3-4-13-15-7-8-16(13)20(17,18)12-9-10(14)5-6-11(12)19-2/h5-9H,3-4H2,1-2H3. The maximum absolute atomic E-state index is 12.7. The number of hydrogen-bond acceptors (Lipinski definition) is 4. The van der Waals surface area contributed by atoms with E-state index in [4.69, 9.17) is 16.3 Å². The van der Waals surface area contributed by atoms with Gasteiger partial charge in [0.25, 0.3) is 10.0 Å². The van der Waals surface area contributed by atoms with E-state index in [-0.39, 0.29) is 10.6 Å². The van der Waals surface area contributed by atoms with Gasteiger partial charge in [-0.05, 0) is 24.6 Å². The van der Waals surface area contributed by atoms with Crippen LogP contribution in [0.15, 0.2) is 35.5 Å². The SMILES string of the molecule is CCCc1nccn1S(=O)(=O)c1cc(Cl)ccc1OC. The topological polar surface area (TPSA) is 61.2 Å². The molecule has 0 radical (unpaired) electrons. The lowest BCUT2D eigenvalue weighted by Gasteiger charge is -2.12. The van der Waals surface area contributed by atoms with Crippen LogP contribution in [0.25, 0.3) is 0 Å².